The molecule has 37 heavy (non-hydrogen) atoms. The highest BCUT2D eigenvalue weighted by atomic mass is 16.2. The van der Waals surface area contributed by atoms with E-state index in [-0.39, 0.29) is 41.8 Å². The van der Waals surface area contributed by atoms with Crippen molar-refractivity contribution in [2.45, 2.75) is 59.0 Å². The lowest BCUT2D eigenvalue weighted by Gasteiger charge is -2.36. The summed E-state index contributed by atoms with van der Waals surface area (Å²) in [5.74, 6) is 0.227. The maximum Gasteiger partial charge on any atom is 0.253 e. The third-order valence-electron chi connectivity index (χ3n) is 7.60. The minimum absolute atomic E-state index is 0.0838. The quantitative estimate of drug-likeness (QED) is 0.472. The van der Waals surface area contributed by atoms with Crippen molar-refractivity contribution in [3.8, 4) is 0 Å². The Bertz CT molecular complexity index is 1390. The van der Waals surface area contributed by atoms with Crippen molar-refractivity contribution >= 4 is 22.8 Å². The summed E-state index contributed by atoms with van der Waals surface area (Å²) in [6.45, 7) is 10.8. The first-order valence-corrected chi connectivity index (χ1v) is 13.1. The number of amides is 2. The van der Waals surface area contributed by atoms with E-state index in [4.69, 9.17) is 4.98 Å². The van der Waals surface area contributed by atoms with Gasteiger partial charge in [-0.15, -0.1) is 0 Å². The molecular weight excluding hydrogens is 470 g/mol. The van der Waals surface area contributed by atoms with Gasteiger partial charge in [-0.3, -0.25) is 14.4 Å². The molecule has 0 saturated carbocycles. The van der Waals surface area contributed by atoms with E-state index in [9.17, 15) is 14.4 Å². The maximum atomic E-state index is 13.4. The lowest BCUT2D eigenvalue weighted by Crippen LogP contribution is -2.53. The van der Waals surface area contributed by atoms with Gasteiger partial charge in [-0.25, -0.2) is 9.67 Å². The largest absolute Gasteiger partial charge is 0.348 e. The lowest BCUT2D eigenvalue weighted by atomic mass is 9.90. The Balaban J connectivity index is 1.40. The lowest BCUT2D eigenvalue weighted by molar-refractivity contribution is -0.138. The number of carbonyl (C=O) groups is 2. The SMILES string of the molecule is Cc1cc(C)c(CNC(=O)c2cc(C3CCN(C(=O)C4CNC4)CC3)nc3c2cnn3C(C)C)c(=O)[nH]1. The van der Waals surface area contributed by atoms with Crippen LogP contribution in [0.3, 0.4) is 0 Å². The second kappa shape index (κ2) is 10.1. The van der Waals surface area contributed by atoms with E-state index in [2.05, 4.69) is 20.7 Å². The normalized spacial score (nSPS) is 16.8. The molecule has 10 heteroatoms. The number of carbonyl (C=O) groups excluding carboxylic acids is 2. The second-order valence-corrected chi connectivity index (χ2v) is 10.6. The Labute approximate surface area is 215 Å². The first-order chi connectivity index (χ1) is 17.7. The molecule has 5 rings (SSSR count). The van der Waals surface area contributed by atoms with Crippen molar-refractivity contribution in [1.82, 2.24) is 35.3 Å². The number of fused-ring (bicyclic) bond motifs is 1. The predicted octanol–water partition coefficient (Wildman–Crippen LogP) is 2.17. The number of aromatic nitrogens is 4. The molecule has 5 heterocycles. The molecule has 3 aromatic rings. The van der Waals surface area contributed by atoms with E-state index in [0.717, 1.165) is 42.9 Å². The summed E-state index contributed by atoms with van der Waals surface area (Å²) in [5, 5.41) is 11.3. The van der Waals surface area contributed by atoms with E-state index < -0.39 is 0 Å². The molecule has 0 radical (unpaired) electrons. The number of aromatic amines is 1. The van der Waals surface area contributed by atoms with Crippen LogP contribution in [0.5, 0.6) is 0 Å². The number of piperidine rings is 1. The number of pyridine rings is 2. The summed E-state index contributed by atoms with van der Waals surface area (Å²) in [7, 11) is 0. The Morgan fingerprint density at radius 2 is 1.89 bits per heavy atom. The summed E-state index contributed by atoms with van der Waals surface area (Å²) in [5.41, 5.74) is 4.02. The molecular formula is C27H35N7O3. The molecule has 2 amide bonds. The van der Waals surface area contributed by atoms with Crippen molar-refractivity contribution in [2.75, 3.05) is 26.2 Å². The molecule has 0 unspecified atom stereocenters. The zero-order valence-electron chi connectivity index (χ0n) is 21.9. The number of H-pyrrole nitrogens is 1. The average Bonchev–Trinajstić information content (AvgIpc) is 3.26. The van der Waals surface area contributed by atoms with Crippen LogP contribution >= 0.6 is 0 Å². The first kappa shape index (κ1) is 25.1. The molecule has 2 saturated heterocycles. The van der Waals surface area contributed by atoms with Gasteiger partial charge in [0.2, 0.25) is 5.91 Å². The fourth-order valence-electron chi connectivity index (χ4n) is 5.29. The molecule has 0 aromatic carbocycles. The van der Waals surface area contributed by atoms with Crippen LogP contribution in [0.2, 0.25) is 0 Å². The minimum atomic E-state index is -0.263. The highest BCUT2D eigenvalue weighted by Gasteiger charge is 2.32. The summed E-state index contributed by atoms with van der Waals surface area (Å²) in [6, 6.07) is 3.85. The zero-order valence-corrected chi connectivity index (χ0v) is 21.9. The Kier molecular flexibility index (Phi) is 6.85. The number of hydrogen-bond acceptors (Lipinski definition) is 6. The van der Waals surface area contributed by atoms with Crippen LogP contribution in [-0.4, -0.2) is 62.6 Å². The van der Waals surface area contributed by atoms with E-state index in [1.54, 1.807) is 6.20 Å². The van der Waals surface area contributed by atoms with Gasteiger partial charge in [0.05, 0.1) is 23.1 Å². The minimum Gasteiger partial charge on any atom is -0.348 e. The molecule has 0 bridgehead atoms. The van der Waals surface area contributed by atoms with Crippen LogP contribution in [0.1, 0.15) is 71.5 Å². The zero-order chi connectivity index (χ0) is 26.3. The second-order valence-electron chi connectivity index (χ2n) is 10.6. The summed E-state index contributed by atoms with van der Waals surface area (Å²) >= 11 is 0. The van der Waals surface area contributed by atoms with Crippen LogP contribution in [-0.2, 0) is 11.3 Å². The van der Waals surface area contributed by atoms with Crippen LogP contribution in [0.15, 0.2) is 23.1 Å². The van der Waals surface area contributed by atoms with Crippen molar-refractivity contribution in [2.24, 2.45) is 5.92 Å². The van der Waals surface area contributed by atoms with Crippen molar-refractivity contribution < 1.29 is 9.59 Å². The Morgan fingerprint density at radius 1 is 1.16 bits per heavy atom. The molecule has 3 N–H and O–H groups in total. The topological polar surface area (TPSA) is 125 Å². The van der Waals surface area contributed by atoms with Crippen molar-refractivity contribution in [3.05, 3.63) is 56.8 Å². The molecule has 10 nitrogen and oxygen atoms in total. The molecule has 2 fully saturated rings. The van der Waals surface area contributed by atoms with Gasteiger partial charge in [-0.05, 0) is 58.2 Å². The van der Waals surface area contributed by atoms with Gasteiger partial charge in [0.1, 0.15) is 0 Å². The third kappa shape index (κ3) is 4.90. The molecule has 0 aliphatic carbocycles. The first-order valence-electron chi connectivity index (χ1n) is 13.1. The fourth-order valence-corrected chi connectivity index (χ4v) is 5.29. The number of rotatable bonds is 6. The maximum absolute atomic E-state index is 13.4. The van der Waals surface area contributed by atoms with Gasteiger partial charge in [0.15, 0.2) is 5.65 Å². The standard InChI is InChI=1S/C27H35N7O3/c1-15(2)34-24-22(14-30-34)20(25(35)29-13-21-16(3)9-17(4)31-26(21)36)10-23(32-24)18-5-7-33(8-6-18)27(37)19-11-28-12-19/h9-10,14-15,18-19,28H,5-8,11-13H2,1-4H3,(H,29,35)(H,31,36). The van der Waals surface area contributed by atoms with Crippen molar-refractivity contribution in [3.63, 3.8) is 0 Å². The Hall–Kier alpha value is -3.53. The monoisotopic (exact) mass is 505 g/mol. The highest BCUT2D eigenvalue weighted by molar-refractivity contribution is 6.05. The molecule has 196 valence electrons. The van der Waals surface area contributed by atoms with E-state index in [1.165, 1.54) is 0 Å². The van der Waals surface area contributed by atoms with Gasteiger partial charge in [-0.2, -0.15) is 5.10 Å². The third-order valence-corrected chi connectivity index (χ3v) is 7.60. The van der Waals surface area contributed by atoms with Gasteiger partial charge < -0.3 is 20.5 Å². The number of likely N-dealkylation sites (tertiary alicyclic amines) is 1. The highest BCUT2D eigenvalue weighted by Crippen LogP contribution is 2.31. The predicted molar refractivity (Wildman–Crippen MR) is 141 cm³/mol. The smallest absolute Gasteiger partial charge is 0.253 e. The van der Waals surface area contributed by atoms with Gasteiger partial charge in [0, 0.05) is 61.6 Å². The number of nitrogens with one attached hydrogen (secondary N) is 3. The van der Waals surface area contributed by atoms with E-state index in [1.807, 2.05) is 49.4 Å². The van der Waals surface area contributed by atoms with Crippen LogP contribution in [0.4, 0.5) is 0 Å². The van der Waals surface area contributed by atoms with Gasteiger partial charge >= 0.3 is 0 Å². The van der Waals surface area contributed by atoms with Crippen LogP contribution in [0.25, 0.3) is 11.0 Å². The summed E-state index contributed by atoms with van der Waals surface area (Å²) < 4.78 is 1.84. The van der Waals surface area contributed by atoms with Crippen LogP contribution < -0.4 is 16.2 Å². The number of nitrogens with zero attached hydrogens (tertiary/aromatic N) is 4. The fraction of sp³-hybridized carbons (Fsp3) is 0.519. The Morgan fingerprint density at radius 3 is 2.51 bits per heavy atom. The molecule has 0 atom stereocenters. The average molecular weight is 506 g/mol. The molecule has 3 aromatic heterocycles. The van der Waals surface area contributed by atoms with Crippen molar-refractivity contribution in [1.29, 1.82) is 0 Å². The molecule has 2 aliphatic heterocycles. The summed E-state index contributed by atoms with van der Waals surface area (Å²) in [6.07, 6.45) is 3.30. The van der Waals surface area contributed by atoms with Gasteiger partial charge in [0.25, 0.3) is 11.5 Å². The summed E-state index contributed by atoms with van der Waals surface area (Å²) in [4.78, 5) is 48.3. The molecule has 0 spiro atoms. The van der Waals surface area contributed by atoms with Crippen LogP contribution in [0, 0.1) is 19.8 Å². The van der Waals surface area contributed by atoms with Gasteiger partial charge in [-0.1, -0.05) is 0 Å². The van der Waals surface area contributed by atoms with E-state index in [0.29, 0.717) is 35.2 Å². The van der Waals surface area contributed by atoms with E-state index >= 15 is 0 Å². The molecule has 2 aliphatic rings. The number of hydrogen-bond donors (Lipinski definition) is 3. The number of aryl methyl sites for hydroxylation is 2.